The number of hydrogen-bond donors (Lipinski definition) is 1. The molecule has 6 nitrogen and oxygen atoms in total. The molecule has 0 bridgehead atoms. The summed E-state index contributed by atoms with van der Waals surface area (Å²) < 4.78 is 26.7. The van der Waals surface area contributed by atoms with Gasteiger partial charge in [0, 0.05) is 32.7 Å². The molecule has 0 atom stereocenters. The van der Waals surface area contributed by atoms with Gasteiger partial charge in [0.05, 0.1) is 22.9 Å². The number of rotatable bonds is 7. The maximum atomic E-state index is 12.6. The third-order valence-corrected chi connectivity index (χ3v) is 7.15. The number of aryl methyl sites for hydroxylation is 1. The highest BCUT2D eigenvalue weighted by Gasteiger charge is 2.27. The van der Waals surface area contributed by atoms with E-state index in [9.17, 15) is 13.2 Å². The molecule has 0 aromatic heterocycles. The number of para-hydroxylation sites is 1. The van der Waals surface area contributed by atoms with Crippen molar-refractivity contribution >= 4 is 33.2 Å². The van der Waals surface area contributed by atoms with Crippen molar-refractivity contribution in [3.8, 4) is 0 Å². The number of carbonyl (C=O) groups excluding carboxylic acids is 1. The van der Waals surface area contributed by atoms with Gasteiger partial charge in [-0.05, 0) is 24.6 Å². The Balaban J connectivity index is 1.45. The van der Waals surface area contributed by atoms with Crippen LogP contribution in [0, 0.1) is 6.92 Å². The van der Waals surface area contributed by atoms with Crippen LogP contribution in [-0.2, 0) is 21.2 Å². The maximum Gasteiger partial charge on any atom is 0.224 e. The Morgan fingerprint density at radius 2 is 1.79 bits per heavy atom. The molecule has 0 unspecified atom stereocenters. The third-order valence-electron chi connectivity index (χ3n) is 4.95. The number of anilines is 1. The highest BCUT2D eigenvalue weighted by molar-refractivity contribution is 7.89. The third kappa shape index (κ3) is 5.95. The lowest BCUT2D eigenvalue weighted by Crippen LogP contribution is -2.50. The van der Waals surface area contributed by atoms with Crippen molar-refractivity contribution in [3.63, 3.8) is 0 Å². The lowest BCUT2D eigenvalue weighted by molar-refractivity contribution is -0.120. The highest BCUT2D eigenvalue weighted by atomic mass is 35.5. The second-order valence-corrected chi connectivity index (χ2v) is 9.66. The van der Waals surface area contributed by atoms with E-state index in [2.05, 4.69) is 10.2 Å². The minimum atomic E-state index is -3.42. The van der Waals surface area contributed by atoms with E-state index >= 15 is 0 Å². The van der Waals surface area contributed by atoms with Crippen molar-refractivity contribution in [3.05, 3.63) is 64.7 Å². The van der Waals surface area contributed by atoms with Gasteiger partial charge in [0.15, 0.2) is 0 Å². The first kappa shape index (κ1) is 21.6. The SMILES string of the molecule is Cc1cccc(CC(=O)NCCS(=O)(=O)N2CCN(c3ccccc3Cl)CC2)c1. The predicted octanol–water partition coefficient (Wildman–Crippen LogP) is 2.46. The molecule has 2 aromatic rings. The van der Waals surface area contributed by atoms with E-state index in [1.165, 1.54) is 4.31 Å². The molecule has 1 aliphatic rings. The molecule has 3 rings (SSSR count). The summed E-state index contributed by atoms with van der Waals surface area (Å²) in [7, 11) is -3.42. The first-order valence-corrected chi connectivity index (χ1v) is 11.6. The number of halogens is 1. The molecule has 1 amide bonds. The lowest BCUT2D eigenvalue weighted by atomic mass is 10.1. The molecule has 0 aliphatic carbocycles. The van der Waals surface area contributed by atoms with Crippen LogP contribution >= 0.6 is 11.6 Å². The summed E-state index contributed by atoms with van der Waals surface area (Å²) in [5.41, 5.74) is 2.93. The van der Waals surface area contributed by atoms with Crippen LogP contribution in [0.25, 0.3) is 0 Å². The summed E-state index contributed by atoms with van der Waals surface area (Å²) in [5.74, 6) is -0.270. The Labute approximate surface area is 177 Å². The fourth-order valence-electron chi connectivity index (χ4n) is 3.43. The molecule has 156 valence electrons. The van der Waals surface area contributed by atoms with Crippen LogP contribution in [0.5, 0.6) is 0 Å². The van der Waals surface area contributed by atoms with Gasteiger partial charge in [-0.3, -0.25) is 4.79 Å². The Bertz CT molecular complexity index is 957. The molecule has 29 heavy (non-hydrogen) atoms. The smallest absolute Gasteiger partial charge is 0.224 e. The van der Waals surface area contributed by atoms with Crippen molar-refractivity contribution < 1.29 is 13.2 Å². The van der Waals surface area contributed by atoms with Crippen molar-refractivity contribution in [2.24, 2.45) is 0 Å². The van der Waals surface area contributed by atoms with Crippen LogP contribution in [0.1, 0.15) is 11.1 Å². The minimum absolute atomic E-state index is 0.0986. The van der Waals surface area contributed by atoms with Gasteiger partial charge < -0.3 is 10.2 Å². The normalized spacial score (nSPS) is 15.3. The maximum absolute atomic E-state index is 12.6. The van der Waals surface area contributed by atoms with Crippen molar-refractivity contribution in [1.82, 2.24) is 9.62 Å². The molecule has 1 fully saturated rings. The Kier molecular flexibility index (Phi) is 7.16. The van der Waals surface area contributed by atoms with E-state index < -0.39 is 10.0 Å². The van der Waals surface area contributed by atoms with Crippen LogP contribution in [0.2, 0.25) is 5.02 Å². The number of nitrogens with zero attached hydrogens (tertiary/aromatic N) is 2. The van der Waals surface area contributed by atoms with E-state index in [0.717, 1.165) is 16.8 Å². The molecule has 1 N–H and O–H groups in total. The number of amides is 1. The first-order chi connectivity index (χ1) is 13.8. The fourth-order valence-corrected chi connectivity index (χ4v) is 5.03. The minimum Gasteiger partial charge on any atom is -0.368 e. The van der Waals surface area contributed by atoms with Gasteiger partial charge in [-0.1, -0.05) is 53.6 Å². The predicted molar refractivity (Wildman–Crippen MR) is 117 cm³/mol. The van der Waals surface area contributed by atoms with Gasteiger partial charge in [-0.25, -0.2) is 8.42 Å². The second-order valence-electron chi connectivity index (χ2n) is 7.17. The van der Waals surface area contributed by atoms with Crippen molar-refractivity contribution in [2.45, 2.75) is 13.3 Å². The number of sulfonamides is 1. The number of nitrogens with one attached hydrogen (secondary N) is 1. The molecule has 0 saturated carbocycles. The fraction of sp³-hybridized carbons (Fsp3) is 0.381. The summed E-state index contributed by atoms with van der Waals surface area (Å²) in [6, 6.07) is 15.3. The molecule has 2 aromatic carbocycles. The molecule has 1 aliphatic heterocycles. The summed E-state index contributed by atoms with van der Waals surface area (Å²) in [4.78, 5) is 14.2. The van der Waals surface area contributed by atoms with Crippen molar-refractivity contribution in [2.75, 3.05) is 43.4 Å². The van der Waals surface area contributed by atoms with E-state index in [-0.39, 0.29) is 24.6 Å². The molecule has 0 radical (unpaired) electrons. The number of piperazine rings is 1. The zero-order chi connectivity index (χ0) is 20.9. The van der Waals surface area contributed by atoms with Gasteiger partial charge in [-0.2, -0.15) is 4.31 Å². The standard InChI is InChI=1S/C21H26ClN3O3S/c1-17-5-4-6-18(15-17)16-21(26)23-9-14-29(27,28)25-12-10-24(11-13-25)20-8-3-2-7-19(20)22/h2-8,15H,9-14,16H2,1H3,(H,23,26). The van der Waals surface area contributed by atoms with Gasteiger partial charge >= 0.3 is 0 Å². The number of hydrogen-bond acceptors (Lipinski definition) is 4. The monoisotopic (exact) mass is 435 g/mol. The average molecular weight is 436 g/mol. The molecular formula is C21H26ClN3O3S. The lowest BCUT2D eigenvalue weighted by Gasteiger charge is -2.35. The number of benzene rings is 2. The molecule has 1 heterocycles. The van der Waals surface area contributed by atoms with Gasteiger partial charge in [0.25, 0.3) is 0 Å². The van der Waals surface area contributed by atoms with E-state index in [0.29, 0.717) is 31.2 Å². The van der Waals surface area contributed by atoms with Crippen LogP contribution in [0.3, 0.4) is 0 Å². The Morgan fingerprint density at radius 1 is 1.07 bits per heavy atom. The van der Waals surface area contributed by atoms with Gasteiger partial charge in [0.2, 0.25) is 15.9 Å². The largest absolute Gasteiger partial charge is 0.368 e. The van der Waals surface area contributed by atoms with E-state index in [1.54, 1.807) is 0 Å². The molecule has 8 heteroatoms. The van der Waals surface area contributed by atoms with Gasteiger partial charge in [0.1, 0.15) is 0 Å². The summed E-state index contributed by atoms with van der Waals surface area (Å²) in [6.07, 6.45) is 0.248. The van der Waals surface area contributed by atoms with Crippen LogP contribution < -0.4 is 10.2 Å². The quantitative estimate of drug-likeness (QED) is 0.725. The van der Waals surface area contributed by atoms with Gasteiger partial charge in [-0.15, -0.1) is 0 Å². The molecular weight excluding hydrogens is 410 g/mol. The summed E-state index contributed by atoms with van der Waals surface area (Å²) in [6.45, 7) is 4.07. The van der Waals surface area contributed by atoms with E-state index in [4.69, 9.17) is 11.6 Å². The first-order valence-electron chi connectivity index (χ1n) is 9.65. The average Bonchev–Trinajstić information content (AvgIpc) is 2.68. The Hall–Kier alpha value is -2.09. The van der Waals surface area contributed by atoms with Crippen LogP contribution in [0.15, 0.2) is 48.5 Å². The highest BCUT2D eigenvalue weighted by Crippen LogP contribution is 2.26. The van der Waals surface area contributed by atoms with Crippen LogP contribution in [0.4, 0.5) is 5.69 Å². The summed E-state index contributed by atoms with van der Waals surface area (Å²) in [5, 5.41) is 3.38. The zero-order valence-electron chi connectivity index (χ0n) is 16.5. The molecule has 0 spiro atoms. The Morgan fingerprint density at radius 3 is 2.48 bits per heavy atom. The van der Waals surface area contributed by atoms with Crippen LogP contribution in [-0.4, -0.2) is 57.1 Å². The topological polar surface area (TPSA) is 69.7 Å². The van der Waals surface area contributed by atoms with Crippen molar-refractivity contribution in [1.29, 1.82) is 0 Å². The van der Waals surface area contributed by atoms with E-state index in [1.807, 2.05) is 55.5 Å². The summed E-state index contributed by atoms with van der Waals surface area (Å²) >= 11 is 6.23. The zero-order valence-corrected chi connectivity index (χ0v) is 18.0. The molecule has 1 saturated heterocycles. The number of carbonyl (C=O) groups is 1. The second kappa shape index (κ2) is 9.61.